The zero-order valence-corrected chi connectivity index (χ0v) is 4.09. The van der Waals surface area contributed by atoms with E-state index < -0.39 is 6.10 Å². The van der Waals surface area contributed by atoms with Crippen LogP contribution in [0, 0.1) is 0 Å². The van der Waals surface area contributed by atoms with Crippen molar-refractivity contribution in [2.75, 3.05) is 0 Å². The van der Waals surface area contributed by atoms with Gasteiger partial charge in [0, 0.05) is 0 Å². The maximum absolute atomic E-state index is 9.55. The summed E-state index contributed by atoms with van der Waals surface area (Å²) in [6, 6.07) is 0. The standard InChI is InChI=1S/CH2NO3.Ag/c2-1(3)4-5-1;/h2H2;/q-1;+1. The zero-order valence-electron chi connectivity index (χ0n) is 2.60. The summed E-state index contributed by atoms with van der Waals surface area (Å²) in [4.78, 5) is 7.24. The van der Waals surface area contributed by atoms with Gasteiger partial charge in [-0.1, -0.05) is 0 Å². The molecule has 0 atom stereocenters. The smallest absolute Gasteiger partial charge is 0.789 e. The number of hydrogen-bond donors (Lipinski definition) is 1. The van der Waals surface area contributed by atoms with Crippen LogP contribution in [0.1, 0.15) is 0 Å². The van der Waals surface area contributed by atoms with Gasteiger partial charge in [0.1, 0.15) is 0 Å². The van der Waals surface area contributed by atoms with Crippen molar-refractivity contribution in [3.05, 3.63) is 0 Å². The third-order valence-corrected chi connectivity index (χ3v) is 0.248. The Kier molecular flexibility index (Phi) is 1.74. The van der Waals surface area contributed by atoms with Crippen molar-refractivity contribution in [1.82, 2.24) is 0 Å². The van der Waals surface area contributed by atoms with E-state index in [0.29, 0.717) is 0 Å². The largest absolute Gasteiger partial charge is 1.00 e. The topological polar surface area (TPSA) is 74.1 Å². The number of nitrogens with two attached hydrogens (primary N) is 1. The molecule has 0 saturated carbocycles. The van der Waals surface area contributed by atoms with Gasteiger partial charge in [-0.2, -0.15) is 9.78 Å². The molecule has 1 fully saturated rings. The van der Waals surface area contributed by atoms with Crippen LogP contribution in [0.5, 0.6) is 0 Å². The third kappa shape index (κ3) is 1.89. The Balaban J connectivity index is 0.000000250. The van der Waals surface area contributed by atoms with E-state index in [-0.39, 0.29) is 22.4 Å². The SMILES string of the molecule is NC1([O-])OO1.[Ag+]. The molecular weight excluding hydrogens is 182 g/mol. The molecular formula is CH2AgNO3. The van der Waals surface area contributed by atoms with Gasteiger partial charge in [-0.15, -0.1) is 0 Å². The van der Waals surface area contributed by atoms with E-state index >= 15 is 0 Å². The Morgan fingerprint density at radius 2 is 1.67 bits per heavy atom. The molecule has 4 nitrogen and oxygen atoms in total. The second-order valence-corrected chi connectivity index (χ2v) is 0.770. The first-order chi connectivity index (χ1) is 2.21. The predicted molar refractivity (Wildman–Crippen MR) is 9.09 cm³/mol. The van der Waals surface area contributed by atoms with Crippen molar-refractivity contribution >= 4 is 0 Å². The maximum Gasteiger partial charge on any atom is 1.00 e. The van der Waals surface area contributed by atoms with Gasteiger partial charge < -0.3 is 5.11 Å². The van der Waals surface area contributed by atoms with Crippen LogP contribution in [0.3, 0.4) is 0 Å². The number of hydrogen-bond acceptors (Lipinski definition) is 4. The molecule has 6 heavy (non-hydrogen) atoms. The van der Waals surface area contributed by atoms with Crippen LogP contribution < -0.4 is 10.8 Å². The van der Waals surface area contributed by atoms with Gasteiger partial charge in [0.2, 0.25) is 6.10 Å². The summed E-state index contributed by atoms with van der Waals surface area (Å²) in [6.45, 7) is 0. The Bertz CT molecular complexity index is 48.8. The second-order valence-electron chi connectivity index (χ2n) is 0.770. The van der Waals surface area contributed by atoms with E-state index in [1.807, 2.05) is 0 Å². The molecule has 1 saturated heterocycles. The molecule has 1 rings (SSSR count). The van der Waals surface area contributed by atoms with Crippen LogP contribution in [0.4, 0.5) is 0 Å². The predicted octanol–water partition coefficient (Wildman–Crippen LogP) is -2.12. The van der Waals surface area contributed by atoms with Crippen molar-refractivity contribution in [1.29, 1.82) is 0 Å². The minimum Gasteiger partial charge on any atom is -0.789 e. The maximum atomic E-state index is 9.55. The van der Waals surface area contributed by atoms with Gasteiger partial charge in [-0.05, 0) is 0 Å². The molecule has 1 aliphatic rings. The Labute approximate surface area is 49.7 Å². The zero-order chi connectivity index (χ0) is 3.91. The monoisotopic (exact) mass is 183 g/mol. The number of rotatable bonds is 0. The van der Waals surface area contributed by atoms with Crippen LogP contribution in [0.15, 0.2) is 0 Å². The minimum atomic E-state index is -2.00. The molecule has 0 aliphatic carbocycles. The summed E-state index contributed by atoms with van der Waals surface area (Å²) in [5.74, 6) is 0. The molecule has 0 radical (unpaired) electrons. The summed E-state index contributed by atoms with van der Waals surface area (Å²) >= 11 is 0. The Hall–Kier alpha value is 0.580. The van der Waals surface area contributed by atoms with E-state index in [2.05, 4.69) is 15.5 Å². The molecule has 0 spiro atoms. The van der Waals surface area contributed by atoms with Crippen molar-refractivity contribution in [2.24, 2.45) is 5.73 Å². The molecule has 0 aromatic heterocycles. The average Bonchev–Trinajstić information content (AvgIpc) is 1.76. The van der Waals surface area contributed by atoms with Crippen LogP contribution >= 0.6 is 0 Å². The normalized spacial score (nSPS) is 25.0. The molecule has 0 aromatic carbocycles. The average molecular weight is 184 g/mol. The summed E-state index contributed by atoms with van der Waals surface area (Å²) in [7, 11) is 0. The fourth-order valence-electron chi connectivity index (χ4n) is 0.0411. The van der Waals surface area contributed by atoms with Crippen LogP contribution in [0.2, 0.25) is 0 Å². The summed E-state index contributed by atoms with van der Waals surface area (Å²) in [5.41, 5.74) is 4.47. The van der Waals surface area contributed by atoms with Gasteiger partial charge in [0.15, 0.2) is 0 Å². The molecule has 2 N–H and O–H groups in total. The van der Waals surface area contributed by atoms with Gasteiger partial charge in [0.05, 0.1) is 0 Å². The van der Waals surface area contributed by atoms with Crippen LogP contribution in [0.25, 0.3) is 0 Å². The fourth-order valence-corrected chi connectivity index (χ4v) is 0.0411. The first-order valence-corrected chi connectivity index (χ1v) is 1.07. The fraction of sp³-hybridized carbons (Fsp3) is 1.00. The van der Waals surface area contributed by atoms with E-state index in [9.17, 15) is 5.11 Å². The van der Waals surface area contributed by atoms with Crippen molar-refractivity contribution < 1.29 is 37.3 Å². The second kappa shape index (κ2) is 1.59. The van der Waals surface area contributed by atoms with Gasteiger partial charge in [-0.3, -0.25) is 5.73 Å². The molecule has 0 amide bonds. The van der Waals surface area contributed by atoms with Crippen molar-refractivity contribution in [2.45, 2.75) is 6.10 Å². The first-order valence-electron chi connectivity index (χ1n) is 1.07. The third-order valence-electron chi connectivity index (χ3n) is 0.248. The molecule has 0 bridgehead atoms. The van der Waals surface area contributed by atoms with E-state index in [4.69, 9.17) is 0 Å². The molecule has 40 valence electrons. The minimum absolute atomic E-state index is 0. The summed E-state index contributed by atoms with van der Waals surface area (Å²) < 4.78 is 0. The van der Waals surface area contributed by atoms with E-state index in [1.165, 1.54) is 0 Å². The molecule has 0 aromatic rings. The molecule has 0 unspecified atom stereocenters. The Morgan fingerprint density at radius 3 is 1.67 bits per heavy atom. The molecule has 5 heteroatoms. The van der Waals surface area contributed by atoms with Crippen LogP contribution in [-0.2, 0) is 32.2 Å². The van der Waals surface area contributed by atoms with Crippen molar-refractivity contribution in [3.63, 3.8) is 0 Å². The molecule has 1 aliphatic heterocycles. The van der Waals surface area contributed by atoms with E-state index in [1.54, 1.807) is 0 Å². The van der Waals surface area contributed by atoms with Gasteiger partial charge in [-0.25, -0.2) is 0 Å². The quantitative estimate of drug-likeness (QED) is 0.202. The van der Waals surface area contributed by atoms with Gasteiger partial charge in [0.25, 0.3) is 0 Å². The molecule has 1 heterocycles. The summed E-state index contributed by atoms with van der Waals surface area (Å²) in [6.07, 6.45) is -2.00. The van der Waals surface area contributed by atoms with E-state index in [0.717, 1.165) is 0 Å². The summed E-state index contributed by atoms with van der Waals surface area (Å²) in [5, 5.41) is 9.55. The van der Waals surface area contributed by atoms with Crippen molar-refractivity contribution in [3.8, 4) is 0 Å². The van der Waals surface area contributed by atoms with Crippen LogP contribution in [-0.4, -0.2) is 6.10 Å². The van der Waals surface area contributed by atoms with Gasteiger partial charge >= 0.3 is 22.4 Å². The Morgan fingerprint density at radius 1 is 1.50 bits per heavy atom. The first kappa shape index (κ1) is 6.58.